The smallest absolute Gasteiger partial charge is 0.226 e. The van der Waals surface area contributed by atoms with E-state index in [0.717, 1.165) is 12.8 Å². The van der Waals surface area contributed by atoms with Gasteiger partial charge in [-0.15, -0.1) is 0 Å². The SMILES string of the molecule is CCCc1nc(COc2ccc(C#N)c(Cl)c2)no1. The summed E-state index contributed by atoms with van der Waals surface area (Å²) in [4.78, 5) is 4.18. The summed E-state index contributed by atoms with van der Waals surface area (Å²) in [6.07, 6.45) is 1.71. The molecule has 19 heavy (non-hydrogen) atoms. The summed E-state index contributed by atoms with van der Waals surface area (Å²) in [6, 6.07) is 6.86. The molecule has 0 aliphatic heterocycles. The quantitative estimate of drug-likeness (QED) is 0.839. The maximum atomic E-state index is 8.76. The van der Waals surface area contributed by atoms with Crippen LogP contribution < -0.4 is 4.74 Å². The minimum Gasteiger partial charge on any atom is -0.485 e. The van der Waals surface area contributed by atoms with Crippen molar-refractivity contribution in [2.75, 3.05) is 0 Å². The molecule has 0 radical (unpaired) electrons. The molecule has 2 aromatic rings. The molecule has 0 spiro atoms. The Balaban J connectivity index is 1.98. The van der Waals surface area contributed by atoms with Gasteiger partial charge in [0.1, 0.15) is 11.8 Å². The molecule has 0 amide bonds. The highest BCUT2D eigenvalue weighted by atomic mass is 35.5. The summed E-state index contributed by atoms with van der Waals surface area (Å²) in [7, 11) is 0. The number of halogens is 1. The maximum Gasteiger partial charge on any atom is 0.226 e. The van der Waals surface area contributed by atoms with Crippen molar-refractivity contribution >= 4 is 11.6 Å². The van der Waals surface area contributed by atoms with Crippen LogP contribution in [0.25, 0.3) is 0 Å². The molecule has 5 nitrogen and oxygen atoms in total. The molecule has 1 aromatic carbocycles. The van der Waals surface area contributed by atoms with E-state index in [1.165, 1.54) is 0 Å². The summed E-state index contributed by atoms with van der Waals surface area (Å²) < 4.78 is 10.5. The topological polar surface area (TPSA) is 71.9 Å². The minimum atomic E-state index is 0.204. The summed E-state index contributed by atoms with van der Waals surface area (Å²) in [5.74, 6) is 1.66. The predicted molar refractivity (Wildman–Crippen MR) is 68.8 cm³/mol. The van der Waals surface area contributed by atoms with Crippen molar-refractivity contribution in [3.63, 3.8) is 0 Å². The standard InChI is InChI=1S/C13H12ClN3O2/c1-2-3-13-16-12(17-19-13)8-18-10-5-4-9(7-15)11(14)6-10/h4-6H,2-3,8H2,1H3. The van der Waals surface area contributed by atoms with Crippen molar-refractivity contribution in [3.8, 4) is 11.8 Å². The first kappa shape index (κ1) is 13.4. The third kappa shape index (κ3) is 3.46. The Labute approximate surface area is 115 Å². The molecule has 1 heterocycles. The number of rotatable bonds is 5. The lowest BCUT2D eigenvalue weighted by atomic mass is 10.2. The summed E-state index contributed by atoms with van der Waals surface area (Å²) in [6.45, 7) is 2.24. The number of nitrogens with zero attached hydrogens (tertiary/aromatic N) is 3. The Morgan fingerprint density at radius 2 is 2.32 bits per heavy atom. The lowest BCUT2D eigenvalue weighted by molar-refractivity contribution is 0.285. The average molecular weight is 278 g/mol. The fraction of sp³-hybridized carbons (Fsp3) is 0.308. The largest absolute Gasteiger partial charge is 0.485 e. The first-order valence-corrected chi connectivity index (χ1v) is 6.24. The van der Waals surface area contributed by atoms with Gasteiger partial charge in [0.25, 0.3) is 0 Å². The number of aryl methyl sites for hydroxylation is 1. The van der Waals surface area contributed by atoms with E-state index in [9.17, 15) is 0 Å². The lowest BCUT2D eigenvalue weighted by Crippen LogP contribution is -1.98. The van der Waals surface area contributed by atoms with E-state index in [4.69, 9.17) is 26.1 Å². The van der Waals surface area contributed by atoms with E-state index < -0.39 is 0 Å². The normalized spacial score (nSPS) is 10.2. The van der Waals surface area contributed by atoms with Crippen LogP contribution in [0.5, 0.6) is 5.75 Å². The van der Waals surface area contributed by atoms with Crippen molar-refractivity contribution in [2.45, 2.75) is 26.4 Å². The maximum absolute atomic E-state index is 8.76. The molecule has 0 aliphatic rings. The lowest BCUT2D eigenvalue weighted by Gasteiger charge is -2.04. The van der Waals surface area contributed by atoms with E-state index >= 15 is 0 Å². The molecule has 1 aromatic heterocycles. The molecule has 0 fully saturated rings. The van der Waals surface area contributed by atoms with Crippen molar-refractivity contribution in [2.24, 2.45) is 0 Å². The number of nitriles is 1. The average Bonchev–Trinajstić information content (AvgIpc) is 2.85. The molecule has 0 aliphatic carbocycles. The fourth-order valence-electron chi connectivity index (χ4n) is 1.49. The molecule has 98 valence electrons. The molecule has 0 saturated heterocycles. The zero-order valence-electron chi connectivity index (χ0n) is 10.4. The van der Waals surface area contributed by atoms with Crippen molar-refractivity contribution in [1.82, 2.24) is 10.1 Å². The van der Waals surface area contributed by atoms with Crippen molar-refractivity contribution in [1.29, 1.82) is 5.26 Å². The van der Waals surface area contributed by atoms with E-state index in [0.29, 0.717) is 28.1 Å². The molecule has 0 N–H and O–H groups in total. The number of hydrogen-bond acceptors (Lipinski definition) is 5. The Morgan fingerprint density at radius 1 is 1.47 bits per heavy atom. The summed E-state index contributed by atoms with van der Waals surface area (Å²) in [5.41, 5.74) is 0.416. The van der Waals surface area contributed by atoms with Crippen LogP contribution in [0.3, 0.4) is 0 Å². The number of aromatic nitrogens is 2. The first-order valence-electron chi connectivity index (χ1n) is 5.87. The number of ether oxygens (including phenoxy) is 1. The molecular weight excluding hydrogens is 266 g/mol. The van der Waals surface area contributed by atoms with Gasteiger partial charge in [-0.2, -0.15) is 10.2 Å². The van der Waals surface area contributed by atoms with Crippen LogP contribution in [0.15, 0.2) is 22.7 Å². The predicted octanol–water partition coefficient (Wildman–Crippen LogP) is 3.13. The van der Waals surface area contributed by atoms with Gasteiger partial charge < -0.3 is 9.26 Å². The zero-order chi connectivity index (χ0) is 13.7. The summed E-state index contributed by atoms with van der Waals surface area (Å²) >= 11 is 5.90. The molecule has 0 saturated carbocycles. The van der Waals surface area contributed by atoms with E-state index in [2.05, 4.69) is 10.1 Å². The van der Waals surface area contributed by atoms with Crippen LogP contribution in [0.1, 0.15) is 30.6 Å². The fourth-order valence-corrected chi connectivity index (χ4v) is 1.70. The highest BCUT2D eigenvalue weighted by Gasteiger charge is 2.07. The monoisotopic (exact) mass is 277 g/mol. The van der Waals surface area contributed by atoms with E-state index in [-0.39, 0.29) is 6.61 Å². The molecule has 2 rings (SSSR count). The molecule has 0 unspecified atom stereocenters. The zero-order valence-corrected chi connectivity index (χ0v) is 11.1. The van der Waals surface area contributed by atoms with Gasteiger partial charge in [-0.3, -0.25) is 0 Å². The van der Waals surface area contributed by atoms with Gasteiger partial charge in [0.15, 0.2) is 6.61 Å². The van der Waals surface area contributed by atoms with Crippen molar-refractivity contribution in [3.05, 3.63) is 40.5 Å². The second-order valence-corrected chi connectivity index (χ2v) is 4.30. The highest BCUT2D eigenvalue weighted by Crippen LogP contribution is 2.22. The number of hydrogen-bond donors (Lipinski definition) is 0. The summed E-state index contributed by atoms with van der Waals surface area (Å²) in [5, 5.41) is 12.9. The van der Waals surface area contributed by atoms with Gasteiger partial charge in [0.2, 0.25) is 11.7 Å². The Kier molecular flexibility index (Phi) is 4.37. The third-order valence-corrected chi connectivity index (χ3v) is 2.72. The van der Waals surface area contributed by atoms with Crippen LogP contribution in [0.4, 0.5) is 0 Å². The second-order valence-electron chi connectivity index (χ2n) is 3.90. The first-order chi connectivity index (χ1) is 9.22. The third-order valence-electron chi connectivity index (χ3n) is 2.40. The molecular formula is C13H12ClN3O2. The van der Waals surface area contributed by atoms with Gasteiger partial charge in [0.05, 0.1) is 10.6 Å². The van der Waals surface area contributed by atoms with Gasteiger partial charge >= 0.3 is 0 Å². The van der Waals surface area contributed by atoms with Gasteiger partial charge in [0, 0.05) is 12.5 Å². The van der Waals surface area contributed by atoms with Crippen LogP contribution in [0, 0.1) is 11.3 Å². The Hall–Kier alpha value is -2.06. The minimum absolute atomic E-state index is 0.204. The van der Waals surface area contributed by atoms with E-state index in [1.807, 2.05) is 13.0 Å². The van der Waals surface area contributed by atoms with E-state index in [1.54, 1.807) is 18.2 Å². The Morgan fingerprint density at radius 3 is 3.00 bits per heavy atom. The van der Waals surface area contributed by atoms with Crippen LogP contribution >= 0.6 is 11.6 Å². The van der Waals surface area contributed by atoms with Crippen molar-refractivity contribution < 1.29 is 9.26 Å². The second kappa shape index (κ2) is 6.21. The van der Waals surface area contributed by atoms with Gasteiger partial charge in [-0.25, -0.2) is 0 Å². The van der Waals surface area contributed by atoms with Crippen LogP contribution in [-0.2, 0) is 13.0 Å². The number of benzene rings is 1. The van der Waals surface area contributed by atoms with Gasteiger partial charge in [-0.1, -0.05) is 23.7 Å². The van der Waals surface area contributed by atoms with Gasteiger partial charge in [-0.05, 0) is 18.6 Å². The molecule has 0 atom stereocenters. The molecule has 6 heteroatoms. The van der Waals surface area contributed by atoms with Crippen LogP contribution in [0.2, 0.25) is 5.02 Å². The van der Waals surface area contributed by atoms with Crippen LogP contribution in [-0.4, -0.2) is 10.1 Å². The highest BCUT2D eigenvalue weighted by molar-refractivity contribution is 6.31. The molecule has 0 bridgehead atoms. The Bertz CT molecular complexity index is 604.